The number of piperazine rings is 1. The van der Waals surface area contributed by atoms with Gasteiger partial charge in [0.1, 0.15) is 5.60 Å². The van der Waals surface area contributed by atoms with Gasteiger partial charge in [-0.05, 0) is 32.4 Å². The molecule has 1 unspecified atom stereocenters. The molecule has 1 saturated heterocycles. The number of amides is 1. The van der Waals surface area contributed by atoms with E-state index in [1.54, 1.807) is 4.90 Å². The Morgan fingerprint density at radius 3 is 2.84 bits per heavy atom. The molecule has 1 atom stereocenters. The van der Waals surface area contributed by atoms with Gasteiger partial charge in [-0.25, -0.2) is 4.79 Å². The Morgan fingerprint density at radius 1 is 1.36 bits per heavy atom. The number of rotatable bonds is 2. The van der Waals surface area contributed by atoms with E-state index in [9.17, 15) is 4.79 Å². The minimum Gasteiger partial charge on any atom is -0.444 e. The van der Waals surface area contributed by atoms with Crippen LogP contribution in [0.25, 0.3) is 0 Å². The van der Waals surface area contributed by atoms with Crippen LogP contribution in [-0.2, 0) is 11.3 Å². The van der Waals surface area contributed by atoms with Crippen LogP contribution < -0.4 is 5.32 Å². The van der Waals surface area contributed by atoms with Gasteiger partial charge >= 0.3 is 6.09 Å². The van der Waals surface area contributed by atoms with Gasteiger partial charge < -0.3 is 19.9 Å². The second-order valence-corrected chi connectivity index (χ2v) is 8.24. The minimum atomic E-state index is -0.462. The summed E-state index contributed by atoms with van der Waals surface area (Å²) in [6.07, 6.45) is -0.234. The van der Waals surface area contributed by atoms with Crippen molar-refractivity contribution in [3.05, 3.63) is 34.3 Å². The van der Waals surface area contributed by atoms with Crippen LogP contribution in [0.3, 0.4) is 0 Å². The quantitative estimate of drug-likeness (QED) is 0.816. The van der Waals surface area contributed by atoms with E-state index in [1.807, 2.05) is 39.0 Å². The Labute approximate surface area is 157 Å². The third-order valence-electron chi connectivity index (χ3n) is 4.25. The molecule has 136 valence electrons. The largest absolute Gasteiger partial charge is 0.444 e. The van der Waals surface area contributed by atoms with Gasteiger partial charge in [-0.1, -0.05) is 34.1 Å². The summed E-state index contributed by atoms with van der Waals surface area (Å²) in [5.74, 6) is 0.921. The lowest BCUT2D eigenvalue weighted by Gasteiger charge is -2.39. The first-order valence-electron chi connectivity index (χ1n) is 8.60. The predicted octanol–water partition coefficient (Wildman–Crippen LogP) is 2.83. The Balaban J connectivity index is 1.54. The highest BCUT2D eigenvalue weighted by molar-refractivity contribution is 9.10. The predicted molar refractivity (Wildman–Crippen MR) is 102 cm³/mol. The Kier molecular flexibility index (Phi) is 5.22. The second-order valence-electron chi connectivity index (χ2n) is 7.38. The van der Waals surface area contributed by atoms with Crippen LogP contribution >= 0.6 is 15.9 Å². The maximum absolute atomic E-state index is 12.3. The maximum atomic E-state index is 12.3. The van der Waals surface area contributed by atoms with E-state index in [1.165, 1.54) is 5.56 Å². The van der Waals surface area contributed by atoms with E-state index in [0.29, 0.717) is 19.6 Å². The summed E-state index contributed by atoms with van der Waals surface area (Å²) in [7, 11) is 0. The van der Waals surface area contributed by atoms with Crippen molar-refractivity contribution in [1.82, 2.24) is 15.1 Å². The number of benzene rings is 1. The molecular formula is C18H25BrN4O2. The number of aliphatic imine (C=N–C) groups is 1. The molecule has 1 N–H and O–H groups in total. The normalized spacial score (nSPS) is 20.2. The molecule has 0 radical (unpaired) electrons. The third kappa shape index (κ3) is 4.45. The molecule has 2 heterocycles. The highest BCUT2D eigenvalue weighted by Crippen LogP contribution is 2.20. The molecule has 1 fully saturated rings. The molecule has 0 saturated carbocycles. The molecule has 1 aromatic carbocycles. The van der Waals surface area contributed by atoms with Crippen molar-refractivity contribution in [3.8, 4) is 0 Å². The van der Waals surface area contributed by atoms with Crippen LogP contribution in [0, 0.1) is 0 Å². The number of fused-ring (bicyclic) bond motifs is 1. The molecule has 0 aliphatic carbocycles. The molecule has 0 bridgehead atoms. The Hall–Kier alpha value is -1.76. The van der Waals surface area contributed by atoms with Crippen molar-refractivity contribution in [2.75, 3.05) is 26.2 Å². The summed E-state index contributed by atoms with van der Waals surface area (Å²) in [5, 5.41) is 3.43. The summed E-state index contributed by atoms with van der Waals surface area (Å²) in [5.41, 5.74) is 0.733. The lowest BCUT2D eigenvalue weighted by atomic mass is 10.2. The number of ether oxygens (including phenoxy) is 1. The fourth-order valence-corrected chi connectivity index (χ4v) is 3.46. The molecule has 1 amide bonds. The zero-order valence-electron chi connectivity index (χ0n) is 15.0. The lowest BCUT2D eigenvalue weighted by molar-refractivity contribution is 0.0137. The third-order valence-corrected chi connectivity index (χ3v) is 5.03. The van der Waals surface area contributed by atoms with Crippen molar-refractivity contribution in [1.29, 1.82) is 0 Å². The standard InChI is InChI=1S/C18H25BrN4O2/c1-18(2,3)25-17(24)22-8-9-23-14(12-22)11-21-16(23)20-10-13-6-4-5-7-15(13)19/h4-7,14H,8-12H2,1-3H3,(H,20,21). The first-order chi connectivity index (χ1) is 11.8. The van der Waals surface area contributed by atoms with E-state index in [-0.39, 0.29) is 12.1 Å². The average molecular weight is 409 g/mol. The average Bonchev–Trinajstić information content (AvgIpc) is 2.95. The van der Waals surface area contributed by atoms with Gasteiger partial charge in [0, 0.05) is 30.7 Å². The van der Waals surface area contributed by atoms with E-state index in [2.05, 4.69) is 37.2 Å². The SMILES string of the molecule is CC(C)(C)OC(=O)N1CCN2C(NCc3ccccc3Br)=NCC2C1. The zero-order valence-corrected chi connectivity index (χ0v) is 16.5. The van der Waals surface area contributed by atoms with E-state index < -0.39 is 5.60 Å². The number of halogens is 1. The Bertz CT molecular complexity index is 671. The lowest BCUT2D eigenvalue weighted by Crippen LogP contribution is -2.57. The summed E-state index contributed by atoms with van der Waals surface area (Å²) in [4.78, 5) is 20.9. The number of carbonyl (C=O) groups excluding carboxylic acids is 1. The van der Waals surface area contributed by atoms with Gasteiger partial charge in [0.15, 0.2) is 5.96 Å². The first-order valence-corrected chi connectivity index (χ1v) is 9.39. The number of nitrogens with zero attached hydrogens (tertiary/aromatic N) is 3. The van der Waals surface area contributed by atoms with Gasteiger partial charge in [-0.3, -0.25) is 4.99 Å². The van der Waals surface area contributed by atoms with Crippen LogP contribution in [0.1, 0.15) is 26.3 Å². The molecule has 25 heavy (non-hydrogen) atoms. The highest BCUT2D eigenvalue weighted by atomic mass is 79.9. The highest BCUT2D eigenvalue weighted by Gasteiger charge is 2.36. The second kappa shape index (κ2) is 7.23. The van der Waals surface area contributed by atoms with Crippen LogP contribution in [0.4, 0.5) is 4.79 Å². The molecule has 0 spiro atoms. The minimum absolute atomic E-state index is 0.225. The molecule has 1 aromatic rings. The van der Waals surface area contributed by atoms with Crippen molar-refractivity contribution >= 4 is 28.0 Å². The van der Waals surface area contributed by atoms with Gasteiger partial charge in [-0.15, -0.1) is 0 Å². The number of hydrogen-bond donors (Lipinski definition) is 1. The fourth-order valence-electron chi connectivity index (χ4n) is 3.04. The van der Waals surface area contributed by atoms with Crippen LogP contribution in [0.2, 0.25) is 0 Å². The van der Waals surface area contributed by atoms with Crippen LogP contribution in [0.5, 0.6) is 0 Å². The van der Waals surface area contributed by atoms with Crippen LogP contribution in [0.15, 0.2) is 33.7 Å². The fraction of sp³-hybridized carbons (Fsp3) is 0.556. The molecule has 7 heteroatoms. The van der Waals surface area contributed by atoms with Gasteiger partial charge in [0.05, 0.1) is 12.6 Å². The number of guanidine groups is 1. The number of carbonyl (C=O) groups is 1. The van der Waals surface area contributed by atoms with Crippen LogP contribution in [-0.4, -0.2) is 59.7 Å². The molecular weight excluding hydrogens is 384 g/mol. The summed E-state index contributed by atoms with van der Waals surface area (Å²) in [6.45, 7) is 9.18. The first kappa shape index (κ1) is 18.0. The molecule has 0 aromatic heterocycles. The summed E-state index contributed by atoms with van der Waals surface area (Å²) < 4.78 is 6.57. The van der Waals surface area contributed by atoms with Crippen molar-refractivity contribution in [3.63, 3.8) is 0 Å². The zero-order chi connectivity index (χ0) is 18.0. The maximum Gasteiger partial charge on any atom is 0.410 e. The monoisotopic (exact) mass is 408 g/mol. The number of nitrogens with one attached hydrogen (secondary N) is 1. The van der Waals surface area contributed by atoms with E-state index in [4.69, 9.17) is 4.74 Å². The smallest absolute Gasteiger partial charge is 0.410 e. The number of hydrogen-bond acceptors (Lipinski definition) is 5. The van der Waals surface area contributed by atoms with Crippen molar-refractivity contribution < 1.29 is 9.53 Å². The molecule has 2 aliphatic rings. The Morgan fingerprint density at radius 2 is 2.12 bits per heavy atom. The van der Waals surface area contributed by atoms with E-state index in [0.717, 1.165) is 23.5 Å². The summed E-state index contributed by atoms with van der Waals surface area (Å²) in [6, 6.07) is 8.39. The molecule has 6 nitrogen and oxygen atoms in total. The van der Waals surface area contributed by atoms with Gasteiger partial charge in [-0.2, -0.15) is 0 Å². The topological polar surface area (TPSA) is 57.2 Å². The molecule has 3 rings (SSSR count). The van der Waals surface area contributed by atoms with Crippen molar-refractivity contribution in [2.24, 2.45) is 4.99 Å². The van der Waals surface area contributed by atoms with Gasteiger partial charge in [0.25, 0.3) is 0 Å². The molecule has 2 aliphatic heterocycles. The van der Waals surface area contributed by atoms with Crippen molar-refractivity contribution in [2.45, 2.75) is 39.0 Å². The van der Waals surface area contributed by atoms with Gasteiger partial charge in [0.2, 0.25) is 0 Å². The van der Waals surface area contributed by atoms with E-state index >= 15 is 0 Å². The summed E-state index contributed by atoms with van der Waals surface area (Å²) >= 11 is 3.57.